The molecule has 0 N–H and O–H groups in total. The van der Waals surface area contributed by atoms with Crippen molar-refractivity contribution in [3.8, 4) is 0 Å². The zero-order chi connectivity index (χ0) is 11.2. The highest BCUT2D eigenvalue weighted by Gasteiger charge is 1.90. The van der Waals surface area contributed by atoms with Crippen LogP contribution in [0.2, 0.25) is 0 Å². The maximum absolute atomic E-state index is 5.24. The molecule has 0 bridgehead atoms. The molecule has 15 heavy (non-hydrogen) atoms. The molecule has 0 aliphatic heterocycles. The summed E-state index contributed by atoms with van der Waals surface area (Å²) in [5, 5.41) is 0. The van der Waals surface area contributed by atoms with Gasteiger partial charge in [0.05, 0.1) is 0 Å². The third-order valence-electron chi connectivity index (χ3n) is 2.72. The number of unbranched alkanes of at least 4 members (excludes halogenated alkanes) is 9. The maximum atomic E-state index is 5.24. The van der Waals surface area contributed by atoms with Gasteiger partial charge in [-0.3, -0.25) is 0 Å². The van der Waals surface area contributed by atoms with Gasteiger partial charge in [0.25, 0.3) is 0 Å². The van der Waals surface area contributed by atoms with Crippen LogP contribution in [0.3, 0.4) is 0 Å². The van der Waals surface area contributed by atoms with Gasteiger partial charge in [-0.25, -0.2) is 0 Å². The van der Waals surface area contributed by atoms with E-state index in [1.165, 1.54) is 64.2 Å². The standard InChI is InChI=1S/C15H27/c1-3-5-7-9-11-13-15-14-12-10-8-6-4-2/h1,3,5,7H,4,6,8-15H2,2H3/b3-1?,7-5+. The Balaban J connectivity index is 2.92. The Labute approximate surface area is 96.5 Å². The van der Waals surface area contributed by atoms with E-state index in [9.17, 15) is 0 Å². The minimum Gasteiger partial charge on any atom is -0.0845 e. The monoisotopic (exact) mass is 207 g/mol. The van der Waals surface area contributed by atoms with Crippen molar-refractivity contribution >= 4 is 0 Å². The van der Waals surface area contributed by atoms with E-state index in [4.69, 9.17) is 6.58 Å². The van der Waals surface area contributed by atoms with Gasteiger partial charge in [0.15, 0.2) is 0 Å². The first-order valence-electron chi connectivity index (χ1n) is 6.62. The lowest BCUT2D eigenvalue weighted by Gasteiger charge is -2.00. The molecule has 87 valence electrons. The van der Waals surface area contributed by atoms with Gasteiger partial charge in [0.2, 0.25) is 0 Å². The number of rotatable bonds is 11. The normalized spacial score (nSPS) is 11.0. The van der Waals surface area contributed by atoms with Gasteiger partial charge in [-0.2, -0.15) is 0 Å². The Morgan fingerprint density at radius 2 is 1.33 bits per heavy atom. The fourth-order valence-electron chi connectivity index (χ4n) is 1.75. The number of hydrogen-bond acceptors (Lipinski definition) is 0. The van der Waals surface area contributed by atoms with Gasteiger partial charge in [-0.1, -0.05) is 83.1 Å². The van der Waals surface area contributed by atoms with E-state index in [-0.39, 0.29) is 0 Å². The van der Waals surface area contributed by atoms with E-state index in [1.807, 2.05) is 6.08 Å². The smallest absolute Gasteiger partial charge is 0.0348 e. The topological polar surface area (TPSA) is 0 Å². The van der Waals surface area contributed by atoms with Crippen LogP contribution in [-0.2, 0) is 0 Å². The van der Waals surface area contributed by atoms with Gasteiger partial charge in [-0.15, -0.1) is 0 Å². The molecular weight excluding hydrogens is 180 g/mol. The SMILES string of the molecule is [CH]=C/C=C/CCCCCCCCCCC. The zero-order valence-electron chi connectivity index (χ0n) is 10.4. The molecule has 0 amide bonds. The molecule has 0 saturated carbocycles. The Morgan fingerprint density at radius 3 is 1.87 bits per heavy atom. The summed E-state index contributed by atoms with van der Waals surface area (Å²) < 4.78 is 0. The van der Waals surface area contributed by atoms with Gasteiger partial charge in [0, 0.05) is 0 Å². The maximum Gasteiger partial charge on any atom is -0.0348 e. The molecule has 0 aromatic heterocycles. The van der Waals surface area contributed by atoms with E-state index in [1.54, 1.807) is 6.08 Å². The van der Waals surface area contributed by atoms with Gasteiger partial charge < -0.3 is 0 Å². The van der Waals surface area contributed by atoms with Crippen molar-refractivity contribution in [2.45, 2.75) is 71.1 Å². The largest absolute Gasteiger partial charge is 0.0845 e. The minimum absolute atomic E-state index is 1.18. The van der Waals surface area contributed by atoms with Crippen LogP contribution in [0, 0.1) is 6.58 Å². The van der Waals surface area contributed by atoms with E-state index in [0.29, 0.717) is 0 Å². The Hall–Kier alpha value is -0.520. The lowest BCUT2D eigenvalue weighted by Crippen LogP contribution is -1.80. The Kier molecular flexibility index (Phi) is 13.0. The van der Waals surface area contributed by atoms with E-state index in [2.05, 4.69) is 13.0 Å². The second-order valence-electron chi connectivity index (χ2n) is 4.24. The molecule has 0 heterocycles. The predicted octanol–water partition coefficient (Wildman–Crippen LogP) is 5.45. The fraction of sp³-hybridized carbons (Fsp3) is 0.733. The molecule has 0 rings (SSSR count). The van der Waals surface area contributed by atoms with E-state index in [0.717, 1.165) is 0 Å². The Morgan fingerprint density at radius 1 is 0.800 bits per heavy atom. The van der Waals surface area contributed by atoms with Gasteiger partial charge >= 0.3 is 0 Å². The molecule has 0 aliphatic carbocycles. The fourth-order valence-corrected chi connectivity index (χ4v) is 1.75. The van der Waals surface area contributed by atoms with Crippen LogP contribution in [0.1, 0.15) is 71.1 Å². The summed E-state index contributed by atoms with van der Waals surface area (Å²) in [5.74, 6) is 0. The molecule has 0 aromatic carbocycles. The van der Waals surface area contributed by atoms with Crippen molar-refractivity contribution in [2.24, 2.45) is 0 Å². The van der Waals surface area contributed by atoms with E-state index >= 15 is 0 Å². The lowest BCUT2D eigenvalue weighted by atomic mass is 10.1. The number of hydrogen-bond donors (Lipinski definition) is 0. The molecular formula is C15H27. The van der Waals surface area contributed by atoms with Crippen molar-refractivity contribution in [1.29, 1.82) is 0 Å². The zero-order valence-corrected chi connectivity index (χ0v) is 10.4. The molecule has 1 radical (unpaired) electrons. The summed E-state index contributed by atoms with van der Waals surface area (Å²) in [6.07, 6.45) is 19.5. The molecule has 0 fully saturated rings. The molecule has 0 aliphatic rings. The van der Waals surface area contributed by atoms with Crippen LogP contribution in [-0.4, -0.2) is 0 Å². The quantitative estimate of drug-likeness (QED) is 0.312. The average molecular weight is 207 g/mol. The van der Waals surface area contributed by atoms with Crippen LogP contribution in [0.5, 0.6) is 0 Å². The van der Waals surface area contributed by atoms with E-state index < -0.39 is 0 Å². The highest BCUT2D eigenvalue weighted by Crippen LogP contribution is 2.10. The highest BCUT2D eigenvalue weighted by atomic mass is 14.0. The van der Waals surface area contributed by atoms with Crippen LogP contribution < -0.4 is 0 Å². The van der Waals surface area contributed by atoms with Gasteiger partial charge in [0.1, 0.15) is 0 Å². The van der Waals surface area contributed by atoms with Crippen molar-refractivity contribution in [1.82, 2.24) is 0 Å². The molecule has 0 heteroatoms. The van der Waals surface area contributed by atoms with Crippen LogP contribution >= 0.6 is 0 Å². The predicted molar refractivity (Wildman–Crippen MR) is 69.9 cm³/mol. The number of allylic oxidation sites excluding steroid dienone is 3. The summed E-state index contributed by atoms with van der Waals surface area (Å²) in [6, 6.07) is 0. The van der Waals surface area contributed by atoms with Crippen LogP contribution in [0.15, 0.2) is 18.2 Å². The second-order valence-corrected chi connectivity index (χ2v) is 4.24. The third-order valence-corrected chi connectivity index (χ3v) is 2.72. The molecule has 0 atom stereocenters. The highest BCUT2D eigenvalue weighted by molar-refractivity contribution is 4.95. The molecule has 0 nitrogen and oxygen atoms in total. The molecule has 0 saturated heterocycles. The van der Waals surface area contributed by atoms with Crippen molar-refractivity contribution in [2.75, 3.05) is 0 Å². The average Bonchev–Trinajstić information content (AvgIpc) is 2.26. The van der Waals surface area contributed by atoms with Crippen LogP contribution in [0.4, 0.5) is 0 Å². The van der Waals surface area contributed by atoms with Crippen molar-refractivity contribution in [3.63, 3.8) is 0 Å². The molecule has 0 unspecified atom stereocenters. The summed E-state index contributed by atoms with van der Waals surface area (Å²) in [6.45, 7) is 7.51. The second kappa shape index (κ2) is 13.5. The van der Waals surface area contributed by atoms with Crippen LogP contribution in [0.25, 0.3) is 0 Å². The molecule has 0 spiro atoms. The summed E-state index contributed by atoms with van der Waals surface area (Å²) >= 11 is 0. The summed E-state index contributed by atoms with van der Waals surface area (Å²) in [5.41, 5.74) is 0. The first kappa shape index (κ1) is 14.5. The van der Waals surface area contributed by atoms with Crippen molar-refractivity contribution < 1.29 is 0 Å². The third kappa shape index (κ3) is 13.5. The first-order chi connectivity index (χ1) is 7.41. The molecule has 0 aromatic rings. The first-order valence-corrected chi connectivity index (χ1v) is 6.62. The lowest BCUT2D eigenvalue weighted by molar-refractivity contribution is 0.566. The minimum atomic E-state index is 1.18. The summed E-state index contributed by atoms with van der Waals surface area (Å²) in [7, 11) is 0. The van der Waals surface area contributed by atoms with Gasteiger partial charge in [-0.05, 0) is 12.8 Å². The van der Waals surface area contributed by atoms with Crippen molar-refractivity contribution in [3.05, 3.63) is 24.8 Å². The summed E-state index contributed by atoms with van der Waals surface area (Å²) in [4.78, 5) is 0. The Bertz CT molecular complexity index is 144.